The number of benzene rings is 1. The summed E-state index contributed by atoms with van der Waals surface area (Å²) in [6.45, 7) is 0. The van der Waals surface area contributed by atoms with Crippen LogP contribution in [0.5, 0.6) is 0 Å². The third kappa shape index (κ3) is 2.19. The SMILES string of the molecule is CN(C)[C@@H](C1=C=CC=C1)c1ccccc1Br. The van der Waals surface area contributed by atoms with Crippen LogP contribution in [0.2, 0.25) is 0 Å². The Hall–Kier alpha value is -1.08. The number of likely N-dealkylation sites (N-methyl/N-ethyl adjacent to an activating group) is 1. The number of hydrogen-bond donors (Lipinski definition) is 0. The average molecular weight is 276 g/mol. The molecule has 0 aliphatic heterocycles. The zero-order chi connectivity index (χ0) is 11.5. The molecule has 1 aromatic rings. The van der Waals surface area contributed by atoms with E-state index in [2.05, 4.69) is 64.9 Å². The lowest BCUT2D eigenvalue weighted by molar-refractivity contribution is 0.341. The quantitative estimate of drug-likeness (QED) is 0.761. The van der Waals surface area contributed by atoms with Gasteiger partial charge in [0.25, 0.3) is 0 Å². The van der Waals surface area contributed by atoms with E-state index in [-0.39, 0.29) is 6.04 Å². The Morgan fingerprint density at radius 1 is 1.25 bits per heavy atom. The fraction of sp³-hybridized carbons (Fsp3) is 0.214. The first-order valence-corrected chi connectivity index (χ1v) is 6.03. The molecule has 0 saturated heterocycles. The van der Waals surface area contributed by atoms with Gasteiger partial charge in [-0.3, -0.25) is 4.90 Å². The van der Waals surface area contributed by atoms with Crippen LogP contribution < -0.4 is 0 Å². The molecule has 0 aromatic heterocycles. The van der Waals surface area contributed by atoms with Crippen molar-refractivity contribution in [3.63, 3.8) is 0 Å². The summed E-state index contributed by atoms with van der Waals surface area (Å²) in [5.74, 6) is 0. The number of hydrogen-bond acceptors (Lipinski definition) is 1. The molecular formula is C14H14BrN. The summed E-state index contributed by atoms with van der Waals surface area (Å²) in [4.78, 5) is 2.20. The summed E-state index contributed by atoms with van der Waals surface area (Å²) in [7, 11) is 4.18. The van der Waals surface area contributed by atoms with E-state index >= 15 is 0 Å². The molecule has 16 heavy (non-hydrogen) atoms. The molecule has 0 amide bonds. The van der Waals surface area contributed by atoms with Gasteiger partial charge in [-0.1, -0.05) is 40.2 Å². The maximum absolute atomic E-state index is 3.61. The van der Waals surface area contributed by atoms with Gasteiger partial charge in [-0.2, -0.15) is 0 Å². The maximum Gasteiger partial charge on any atom is 0.0681 e. The van der Waals surface area contributed by atoms with E-state index in [1.807, 2.05) is 18.2 Å². The second-order valence-corrected chi connectivity index (χ2v) is 4.87. The first kappa shape index (κ1) is 11.4. The summed E-state index contributed by atoms with van der Waals surface area (Å²) in [6, 6.07) is 8.59. The number of rotatable bonds is 3. The van der Waals surface area contributed by atoms with Crippen molar-refractivity contribution in [1.82, 2.24) is 4.90 Å². The average Bonchev–Trinajstić information content (AvgIpc) is 2.74. The Morgan fingerprint density at radius 2 is 2.00 bits per heavy atom. The van der Waals surface area contributed by atoms with Crippen LogP contribution in [0.15, 0.2) is 58.3 Å². The normalized spacial score (nSPS) is 15.6. The molecule has 1 atom stereocenters. The van der Waals surface area contributed by atoms with E-state index in [9.17, 15) is 0 Å². The van der Waals surface area contributed by atoms with E-state index in [1.54, 1.807) is 0 Å². The standard InChI is InChI=1S/C14H14BrN/c1-16(2)14(11-7-3-4-8-11)12-9-5-6-10-13(12)15/h3-7,9-10,14H,1-2H3/t14-/m0/s1. The molecule has 0 fully saturated rings. The van der Waals surface area contributed by atoms with Crippen molar-refractivity contribution in [2.45, 2.75) is 6.04 Å². The molecule has 82 valence electrons. The lowest BCUT2D eigenvalue weighted by Crippen LogP contribution is -2.21. The van der Waals surface area contributed by atoms with Gasteiger partial charge in [-0.25, -0.2) is 0 Å². The fourth-order valence-electron chi connectivity index (χ4n) is 1.94. The summed E-state index contributed by atoms with van der Waals surface area (Å²) >= 11 is 3.61. The third-order valence-electron chi connectivity index (χ3n) is 2.63. The van der Waals surface area contributed by atoms with Crippen molar-refractivity contribution in [3.05, 3.63) is 63.8 Å². The Kier molecular flexibility index (Phi) is 3.45. The molecule has 2 rings (SSSR count). The summed E-state index contributed by atoms with van der Waals surface area (Å²) in [5.41, 5.74) is 5.76. The van der Waals surface area contributed by atoms with Crippen molar-refractivity contribution in [3.8, 4) is 0 Å². The Labute approximate surface area is 105 Å². The van der Waals surface area contributed by atoms with E-state index in [4.69, 9.17) is 0 Å². The van der Waals surface area contributed by atoms with Crippen LogP contribution in [0.3, 0.4) is 0 Å². The van der Waals surface area contributed by atoms with E-state index in [1.165, 1.54) is 11.1 Å². The maximum atomic E-state index is 3.61. The van der Waals surface area contributed by atoms with Crippen LogP contribution >= 0.6 is 15.9 Å². The second-order valence-electron chi connectivity index (χ2n) is 4.01. The number of allylic oxidation sites excluding steroid dienone is 1. The van der Waals surface area contributed by atoms with E-state index in [0.717, 1.165) is 4.47 Å². The lowest BCUT2D eigenvalue weighted by Gasteiger charge is -2.25. The van der Waals surface area contributed by atoms with Crippen molar-refractivity contribution in [1.29, 1.82) is 0 Å². The van der Waals surface area contributed by atoms with Crippen LogP contribution in [-0.2, 0) is 0 Å². The van der Waals surface area contributed by atoms with Gasteiger partial charge in [-0.05, 0) is 37.9 Å². The van der Waals surface area contributed by atoms with Gasteiger partial charge in [0.15, 0.2) is 0 Å². The van der Waals surface area contributed by atoms with E-state index < -0.39 is 0 Å². The zero-order valence-electron chi connectivity index (χ0n) is 9.44. The molecular weight excluding hydrogens is 262 g/mol. The molecule has 1 aromatic carbocycles. The number of nitrogens with zero attached hydrogens (tertiary/aromatic N) is 1. The van der Waals surface area contributed by atoms with Crippen LogP contribution in [-0.4, -0.2) is 19.0 Å². The highest BCUT2D eigenvalue weighted by atomic mass is 79.9. The van der Waals surface area contributed by atoms with Crippen LogP contribution in [0.1, 0.15) is 11.6 Å². The van der Waals surface area contributed by atoms with Crippen LogP contribution in [0.25, 0.3) is 0 Å². The molecule has 0 unspecified atom stereocenters. The largest absolute Gasteiger partial charge is 0.298 e. The van der Waals surface area contributed by atoms with Gasteiger partial charge < -0.3 is 0 Å². The highest BCUT2D eigenvalue weighted by molar-refractivity contribution is 9.10. The molecule has 0 saturated carbocycles. The smallest absolute Gasteiger partial charge is 0.0681 e. The zero-order valence-corrected chi connectivity index (χ0v) is 11.0. The Bertz CT molecular complexity index is 479. The van der Waals surface area contributed by atoms with Gasteiger partial charge in [0.1, 0.15) is 0 Å². The molecule has 0 N–H and O–H groups in total. The Balaban J connectivity index is 2.45. The van der Waals surface area contributed by atoms with Crippen LogP contribution in [0.4, 0.5) is 0 Å². The van der Waals surface area contributed by atoms with Crippen molar-refractivity contribution in [2.24, 2.45) is 0 Å². The summed E-state index contributed by atoms with van der Waals surface area (Å²) in [6.07, 6.45) is 6.11. The minimum Gasteiger partial charge on any atom is -0.298 e. The van der Waals surface area contributed by atoms with Gasteiger partial charge in [0, 0.05) is 10.0 Å². The highest BCUT2D eigenvalue weighted by Gasteiger charge is 2.20. The molecule has 0 heterocycles. The Morgan fingerprint density at radius 3 is 2.56 bits per heavy atom. The predicted molar refractivity (Wildman–Crippen MR) is 71.3 cm³/mol. The summed E-state index contributed by atoms with van der Waals surface area (Å²) < 4.78 is 1.14. The first-order chi connectivity index (χ1) is 7.70. The molecule has 1 nitrogen and oxygen atoms in total. The van der Waals surface area contributed by atoms with Crippen molar-refractivity contribution in [2.75, 3.05) is 14.1 Å². The molecule has 1 aliphatic rings. The van der Waals surface area contributed by atoms with Gasteiger partial charge >= 0.3 is 0 Å². The third-order valence-corrected chi connectivity index (χ3v) is 3.35. The van der Waals surface area contributed by atoms with Gasteiger partial charge in [0.2, 0.25) is 0 Å². The van der Waals surface area contributed by atoms with Crippen molar-refractivity contribution >= 4 is 15.9 Å². The van der Waals surface area contributed by atoms with Crippen LogP contribution in [0, 0.1) is 0 Å². The predicted octanol–water partition coefficient (Wildman–Crippen LogP) is 3.70. The highest BCUT2D eigenvalue weighted by Crippen LogP contribution is 2.32. The first-order valence-electron chi connectivity index (χ1n) is 5.24. The molecule has 2 heteroatoms. The minimum absolute atomic E-state index is 0.255. The molecule has 0 bridgehead atoms. The molecule has 1 aliphatic carbocycles. The lowest BCUT2D eigenvalue weighted by atomic mass is 9.99. The van der Waals surface area contributed by atoms with Gasteiger partial charge in [-0.15, -0.1) is 5.73 Å². The number of halogens is 1. The fourth-order valence-corrected chi connectivity index (χ4v) is 2.44. The second kappa shape index (κ2) is 4.84. The monoisotopic (exact) mass is 275 g/mol. The molecule has 0 radical (unpaired) electrons. The topological polar surface area (TPSA) is 3.24 Å². The minimum atomic E-state index is 0.255. The molecule has 0 spiro atoms. The van der Waals surface area contributed by atoms with E-state index in [0.29, 0.717) is 0 Å². The van der Waals surface area contributed by atoms with Gasteiger partial charge in [0.05, 0.1) is 6.04 Å². The van der Waals surface area contributed by atoms with Crippen molar-refractivity contribution < 1.29 is 0 Å². The summed E-state index contributed by atoms with van der Waals surface area (Å²) in [5, 5.41) is 0.